The summed E-state index contributed by atoms with van der Waals surface area (Å²) in [5.41, 5.74) is 0.898. The van der Waals surface area contributed by atoms with Gasteiger partial charge in [-0.25, -0.2) is 0 Å². The van der Waals surface area contributed by atoms with Crippen LogP contribution in [0.25, 0.3) is 11.5 Å². The van der Waals surface area contributed by atoms with Crippen molar-refractivity contribution in [1.29, 1.82) is 0 Å². The summed E-state index contributed by atoms with van der Waals surface area (Å²) in [4.78, 5) is 12.0. The zero-order valence-electron chi connectivity index (χ0n) is 13.4. The molecule has 0 unspecified atom stereocenters. The van der Waals surface area contributed by atoms with Crippen molar-refractivity contribution < 1.29 is 9.21 Å². The number of rotatable bonds is 7. The maximum Gasteiger partial charge on any atom is 0.248 e. The first kappa shape index (κ1) is 16.7. The quantitative estimate of drug-likeness (QED) is 0.691. The summed E-state index contributed by atoms with van der Waals surface area (Å²) >= 11 is 2.97. The van der Waals surface area contributed by atoms with E-state index >= 15 is 0 Å². The van der Waals surface area contributed by atoms with Gasteiger partial charge >= 0.3 is 0 Å². The molecule has 0 saturated heterocycles. The molecule has 0 bridgehead atoms. The van der Waals surface area contributed by atoms with E-state index in [0.29, 0.717) is 29.3 Å². The van der Waals surface area contributed by atoms with Crippen molar-refractivity contribution in [2.24, 2.45) is 5.92 Å². The van der Waals surface area contributed by atoms with E-state index in [1.807, 2.05) is 16.8 Å². The summed E-state index contributed by atoms with van der Waals surface area (Å²) < 4.78 is 5.56. The van der Waals surface area contributed by atoms with E-state index in [0.717, 1.165) is 17.0 Å². The van der Waals surface area contributed by atoms with Gasteiger partial charge < -0.3 is 9.73 Å². The van der Waals surface area contributed by atoms with Crippen molar-refractivity contribution in [2.75, 3.05) is 5.32 Å². The molecule has 0 aliphatic carbocycles. The molecule has 0 aliphatic heterocycles. The van der Waals surface area contributed by atoms with Crippen LogP contribution in [-0.2, 0) is 17.6 Å². The fourth-order valence-electron chi connectivity index (χ4n) is 2.00. The molecule has 0 radical (unpaired) electrons. The van der Waals surface area contributed by atoms with Crippen molar-refractivity contribution in [2.45, 2.75) is 33.1 Å². The molecule has 3 aromatic heterocycles. The second-order valence-electron chi connectivity index (χ2n) is 5.66. The average Bonchev–Trinajstić information content (AvgIpc) is 3.26. The number of nitrogens with one attached hydrogen (secondary N) is 1. The lowest BCUT2D eigenvalue weighted by atomic mass is 10.1. The van der Waals surface area contributed by atoms with Gasteiger partial charge in [-0.15, -0.1) is 20.4 Å². The van der Waals surface area contributed by atoms with Crippen LogP contribution in [0.4, 0.5) is 5.13 Å². The summed E-state index contributed by atoms with van der Waals surface area (Å²) in [7, 11) is 0. The second-order valence-corrected chi connectivity index (χ2v) is 7.50. The Hall–Kier alpha value is -2.13. The van der Waals surface area contributed by atoms with E-state index in [9.17, 15) is 4.79 Å². The second kappa shape index (κ2) is 7.63. The van der Waals surface area contributed by atoms with Crippen LogP contribution in [0.15, 0.2) is 21.2 Å². The van der Waals surface area contributed by atoms with Crippen molar-refractivity contribution >= 4 is 33.7 Å². The van der Waals surface area contributed by atoms with E-state index in [-0.39, 0.29) is 12.3 Å². The van der Waals surface area contributed by atoms with Crippen LogP contribution < -0.4 is 5.32 Å². The molecule has 1 amide bonds. The fourth-order valence-corrected chi connectivity index (χ4v) is 3.59. The standard InChI is InChI=1S/C15H17N5O2S2/c1-9(2)7-13-18-20-15(24-13)16-11(21)3-4-12-17-19-14(22-12)10-5-6-23-8-10/h5-6,8-9H,3-4,7H2,1-2H3,(H,16,20,21). The first-order valence-corrected chi connectivity index (χ1v) is 9.33. The summed E-state index contributed by atoms with van der Waals surface area (Å²) in [6, 6.07) is 1.92. The predicted molar refractivity (Wildman–Crippen MR) is 93.0 cm³/mol. The minimum atomic E-state index is -0.141. The first-order chi connectivity index (χ1) is 11.6. The van der Waals surface area contributed by atoms with E-state index < -0.39 is 0 Å². The highest BCUT2D eigenvalue weighted by Gasteiger charge is 2.13. The van der Waals surface area contributed by atoms with Crippen LogP contribution >= 0.6 is 22.7 Å². The molecule has 0 saturated carbocycles. The molecule has 0 spiro atoms. The average molecular weight is 363 g/mol. The molecule has 0 aliphatic rings. The van der Waals surface area contributed by atoms with E-state index in [2.05, 4.69) is 39.6 Å². The fraction of sp³-hybridized carbons (Fsp3) is 0.400. The van der Waals surface area contributed by atoms with Gasteiger partial charge in [-0.1, -0.05) is 25.2 Å². The molecule has 0 aromatic carbocycles. The van der Waals surface area contributed by atoms with Gasteiger partial charge in [0.25, 0.3) is 0 Å². The minimum Gasteiger partial charge on any atom is -0.421 e. The molecule has 126 valence electrons. The Morgan fingerprint density at radius 1 is 1.29 bits per heavy atom. The van der Waals surface area contributed by atoms with E-state index in [4.69, 9.17) is 4.42 Å². The molecule has 7 nitrogen and oxygen atoms in total. The number of hydrogen-bond acceptors (Lipinski definition) is 8. The first-order valence-electron chi connectivity index (χ1n) is 7.57. The Morgan fingerprint density at radius 3 is 2.92 bits per heavy atom. The summed E-state index contributed by atoms with van der Waals surface area (Å²) in [5.74, 6) is 1.30. The van der Waals surface area contributed by atoms with Crippen LogP contribution in [0.1, 0.15) is 31.2 Å². The van der Waals surface area contributed by atoms with Gasteiger partial charge in [0, 0.05) is 30.2 Å². The normalized spacial score (nSPS) is 11.1. The largest absolute Gasteiger partial charge is 0.421 e. The number of amides is 1. The molecule has 1 N–H and O–H groups in total. The number of anilines is 1. The number of hydrogen-bond donors (Lipinski definition) is 1. The monoisotopic (exact) mass is 363 g/mol. The van der Waals surface area contributed by atoms with E-state index in [1.54, 1.807) is 11.3 Å². The zero-order valence-corrected chi connectivity index (χ0v) is 15.0. The van der Waals surface area contributed by atoms with Gasteiger partial charge in [-0.2, -0.15) is 11.3 Å². The maximum absolute atomic E-state index is 12.0. The van der Waals surface area contributed by atoms with Gasteiger partial charge in [0.05, 0.1) is 0 Å². The molecule has 3 heterocycles. The van der Waals surface area contributed by atoms with Crippen molar-refractivity contribution in [3.05, 3.63) is 27.7 Å². The third kappa shape index (κ3) is 4.45. The van der Waals surface area contributed by atoms with Crippen molar-refractivity contribution in [3.63, 3.8) is 0 Å². The molecular formula is C15H17N5O2S2. The lowest BCUT2D eigenvalue weighted by Crippen LogP contribution is -2.12. The zero-order chi connectivity index (χ0) is 16.9. The molecule has 0 atom stereocenters. The van der Waals surface area contributed by atoms with Gasteiger partial charge in [-0.05, 0) is 17.4 Å². The Bertz CT molecular complexity index is 795. The summed E-state index contributed by atoms with van der Waals surface area (Å²) in [6.07, 6.45) is 1.51. The smallest absolute Gasteiger partial charge is 0.248 e. The molecule has 0 fully saturated rings. The molecule has 3 rings (SSSR count). The topological polar surface area (TPSA) is 93.8 Å². The van der Waals surface area contributed by atoms with Crippen LogP contribution in [0, 0.1) is 5.92 Å². The molecular weight excluding hydrogens is 346 g/mol. The third-order valence-corrected chi connectivity index (χ3v) is 4.64. The number of thiophene rings is 1. The maximum atomic E-state index is 12.0. The van der Waals surface area contributed by atoms with E-state index in [1.165, 1.54) is 11.3 Å². The summed E-state index contributed by atoms with van der Waals surface area (Å²) in [6.45, 7) is 4.24. The molecule has 3 aromatic rings. The SMILES string of the molecule is CC(C)Cc1nnc(NC(=O)CCc2nnc(-c3ccsc3)o2)s1. The highest BCUT2D eigenvalue weighted by Crippen LogP contribution is 2.21. The Labute approximate surface area is 147 Å². The van der Waals surface area contributed by atoms with Crippen LogP contribution in [0.2, 0.25) is 0 Å². The molecule has 24 heavy (non-hydrogen) atoms. The van der Waals surface area contributed by atoms with Gasteiger partial charge in [0.1, 0.15) is 5.01 Å². The van der Waals surface area contributed by atoms with Crippen molar-refractivity contribution in [3.8, 4) is 11.5 Å². The van der Waals surface area contributed by atoms with Crippen molar-refractivity contribution in [1.82, 2.24) is 20.4 Å². The number of aryl methyl sites for hydroxylation is 1. The Kier molecular flexibility index (Phi) is 5.31. The Balaban J connectivity index is 1.50. The summed E-state index contributed by atoms with van der Waals surface area (Å²) in [5, 5.41) is 24.1. The minimum absolute atomic E-state index is 0.141. The highest BCUT2D eigenvalue weighted by molar-refractivity contribution is 7.15. The number of carbonyl (C=O) groups is 1. The Morgan fingerprint density at radius 2 is 2.17 bits per heavy atom. The highest BCUT2D eigenvalue weighted by atomic mass is 32.1. The lowest BCUT2D eigenvalue weighted by molar-refractivity contribution is -0.116. The number of nitrogens with zero attached hydrogens (tertiary/aromatic N) is 4. The number of aromatic nitrogens is 4. The van der Waals surface area contributed by atoms with Crippen LogP contribution in [-0.4, -0.2) is 26.3 Å². The number of carbonyl (C=O) groups excluding carboxylic acids is 1. The molecule has 9 heteroatoms. The van der Waals surface area contributed by atoms with Crippen LogP contribution in [0.3, 0.4) is 0 Å². The van der Waals surface area contributed by atoms with Crippen LogP contribution in [0.5, 0.6) is 0 Å². The predicted octanol–water partition coefficient (Wildman–Crippen LogP) is 3.42. The third-order valence-electron chi connectivity index (χ3n) is 3.10. The lowest BCUT2D eigenvalue weighted by Gasteiger charge is -1.99. The van der Waals surface area contributed by atoms with Gasteiger partial charge in [0.2, 0.25) is 22.8 Å². The van der Waals surface area contributed by atoms with Gasteiger partial charge in [-0.3, -0.25) is 4.79 Å². The van der Waals surface area contributed by atoms with Gasteiger partial charge in [0.15, 0.2) is 0 Å².